The fourth-order valence-corrected chi connectivity index (χ4v) is 3.38. The van der Waals surface area contributed by atoms with Crippen molar-refractivity contribution in [1.82, 2.24) is 9.97 Å². The van der Waals surface area contributed by atoms with Crippen LogP contribution in [0, 0.1) is 11.3 Å². The van der Waals surface area contributed by atoms with Gasteiger partial charge < -0.3 is 5.32 Å². The number of anilines is 1. The van der Waals surface area contributed by atoms with Gasteiger partial charge in [0.2, 0.25) is 5.91 Å². The molecule has 0 aliphatic heterocycles. The summed E-state index contributed by atoms with van der Waals surface area (Å²) in [6.07, 6.45) is -3.70. The molecule has 2 aromatic carbocycles. The van der Waals surface area contributed by atoms with Crippen LogP contribution in [0.3, 0.4) is 0 Å². The average molecular weight is 442 g/mol. The molecule has 1 aromatic heterocycles. The zero-order valence-corrected chi connectivity index (χ0v) is 17.0. The fourth-order valence-electron chi connectivity index (χ4n) is 2.72. The molecule has 0 aliphatic carbocycles. The quantitative estimate of drug-likeness (QED) is 0.394. The van der Waals surface area contributed by atoms with Crippen molar-refractivity contribution in [2.24, 2.45) is 0 Å². The largest absolute Gasteiger partial charge is 0.433 e. The van der Waals surface area contributed by atoms with Gasteiger partial charge in [0.15, 0.2) is 5.16 Å². The van der Waals surface area contributed by atoms with Crippen LogP contribution in [0.5, 0.6) is 0 Å². The Morgan fingerprint density at radius 2 is 1.84 bits per heavy atom. The highest BCUT2D eigenvalue weighted by Crippen LogP contribution is 2.32. The smallest absolute Gasteiger partial charge is 0.325 e. The first-order chi connectivity index (χ1) is 14.8. The number of aryl methyl sites for hydroxylation is 1. The first-order valence-corrected chi connectivity index (χ1v) is 10.2. The van der Waals surface area contributed by atoms with Crippen LogP contribution < -0.4 is 5.32 Å². The number of hydrogen-bond acceptors (Lipinski definition) is 5. The van der Waals surface area contributed by atoms with Crippen LogP contribution in [0.15, 0.2) is 65.8 Å². The van der Waals surface area contributed by atoms with E-state index in [4.69, 9.17) is 5.26 Å². The second-order valence-electron chi connectivity index (χ2n) is 6.48. The second-order valence-corrected chi connectivity index (χ2v) is 7.42. The van der Waals surface area contributed by atoms with Crippen LogP contribution in [0.4, 0.5) is 18.9 Å². The van der Waals surface area contributed by atoms with E-state index in [-0.39, 0.29) is 16.6 Å². The molecule has 3 aromatic rings. The molecule has 0 atom stereocenters. The molecule has 1 heterocycles. The van der Waals surface area contributed by atoms with Crippen molar-refractivity contribution in [3.05, 3.63) is 71.9 Å². The minimum Gasteiger partial charge on any atom is -0.325 e. The number of thioether (sulfide) groups is 1. The Labute approximate surface area is 181 Å². The summed E-state index contributed by atoms with van der Waals surface area (Å²) in [6, 6.07) is 18.5. The van der Waals surface area contributed by atoms with Gasteiger partial charge in [-0.05, 0) is 30.2 Å². The lowest BCUT2D eigenvalue weighted by atomic mass is 10.1. The van der Waals surface area contributed by atoms with Gasteiger partial charge in [-0.3, -0.25) is 4.79 Å². The van der Waals surface area contributed by atoms with Gasteiger partial charge in [0, 0.05) is 17.7 Å². The summed E-state index contributed by atoms with van der Waals surface area (Å²) in [5.74, 6) is -0.553. The Morgan fingerprint density at radius 1 is 1.06 bits per heavy atom. The molecule has 0 saturated heterocycles. The van der Waals surface area contributed by atoms with Gasteiger partial charge in [0.25, 0.3) is 0 Å². The highest BCUT2D eigenvalue weighted by Gasteiger charge is 2.34. The lowest BCUT2D eigenvalue weighted by Crippen LogP contribution is -2.15. The zero-order valence-electron chi connectivity index (χ0n) is 16.2. The maximum absolute atomic E-state index is 13.3. The number of nitrogens with one attached hydrogen (secondary N) is 1. The fraction of sp³-hybridized carbons (Fsp3) is 0.182. The monoisotopic (exact) mass is 442 g/mol. The van der Waals surface area contributed by atoms with Gasteiger partial charge in [0.1, 0.15) is 5.69 Å². The first kappa shape index (κ1) is 22.3. The second kappa shape index (κ2) is 10.1. The van der Waals surface area contributed by atoms with Crippen molar-refractivity contribution < 1.29 is 18.0 Å². The number of nitrogens with zero attached hydrogens (tertiary/aromatic N) is 3. The molecule has 0 fully saturated rings. The molecule has 1 N–H and O–H groups in total. The number of carbonyl (C=O) groups is 1. The summed E-state index contributed by atoms with van der Waals surface area (Å²) in [4.78, 5) is 20.0. The number of hydrogen-bond donors (Lipinski definition) is 1. The third-order valence-corrected chi connectivity index (χ3v) is 4.98. The van der Waals surface area contributed by atoms with Crippen LogP contribution >= 0.6 is 11.8 Å². The number of alkyl halides is 3. The number of rotatable bonds is 7. The zero-order chi connectivity index (χ0) is 22.3. The topological polar surface area (TPSA) is 78.7 Å². The van der Waals surface area contributed by atoms with Crippen molar-refractivity contribution in [1.29, 1.82) is 5.26 Å². The van der Waals surface area contributed by atoms with Gasteiger partial charge in [-0.1, -0.05) is 54.2 Å². The van der Waals surface area contributed by atoms with Crippen molar-refractivity contribution in [3.63, 3.8) is 0 Å². The Balaban J connectivity index is 1.72. The Morgan fingerprint density at radius 3 is 2.55 bits per heavy atom. The number of aromatic nitrogens is 2. The minimum atomic E-state index is -4.63. The van der Waals surface area contributed by atoms with Gasteiger partial charge in [0.05, 0.1) is 17.5 Å². The van der Waals surface area contributed by atoms with Gasteiger partial charge in [-0.15, -0.1) is 0 Å². The van der Waals surface area contributed by atoms with Crippen LogP contribution in [0.25, 0.3) is 11.3 Å². The predicted octanol–water partition coefficient (Wildman–Crippen LogP) is 5.35. The molecule has 9 heteroatoms. The number of halogens is 3. The van der Waals surface area contributed by atoms with Crippen LogP contribution in [0.2, 0.25) is 0 Å². The van der Waals surface area contributed by atoms with Crippen LogP contribution in [0.1, 0.15) is 17.7 Å². The highest BCUT2D eigenvalue weighted by molar-refractivity contribution is 7.99. The van der Waals surface area contributed by atoms with Crippen LogP contribution in [-0.4, -0.2) is 21.6 Å². The van der Waals surface area contributed by atoms with Gasteiger partial charge in [-0.2, -0.15) is 18.4 Å². The molecular weight excluding hydrogens is 425 g/mol. The van der Waals surface area contributed by atoms with E-state index >= 15 is 0 Å². The predicted molar refractivity (Wildman–Crippen MR) is 112 cm³/mol. The maximum atomic E-state index is 13.3. The molecule has 0 aliphatic rings. The van der Waals surface area contributed by atoms with Crippen molar-refractivity contribution in [2.45, 2.75) is 24.2 Å². The molecule has 0 spiro atoms. The first-order valence-electron chi connectivity index (χ1n) is 9.25. The van der Waals surface area contributed by atoms with E-state index in [0.29, 0.717) is 24.1 Å². The summed E-state index contributed by atoms with van der Waals surface area (Å²) >= 11 is 0.828. The van der Waals surface area contributed by atoms with Crippen molar-refractivity contribution >= 4 is 23.4 Å². The van der Waals surface area contributed by atoms with E-state index in [9.17, 15) is 18.0 Å². The summed E-state index contributed by atoms with van der Waals surface area (Å²) in [5.41, 5.74) is 1.05. The lowest BCUT2D eigenvalue weighted by molar-refractivity contribution is -0.141. The maximum Gasteiger partial charge on any atom is 0.433 e. The van der Waals surface area contributed by atoms with E-state index < -0.39 is 17.8 Å². The Kier molecular flexibility index (Phi) is 7.26. The van der Waals surface area contributed by atoms with Crippen molar-refractivity contribution in [3.8, 4) is 17.3 Å². The molecule has 3 rings (SSSR count). The third kappa shape index (κ3) is 6.55. The van der Waals surface area contributed by atoms with E-state index in [2.05, 4.69) is 21.4 Å². The Hall–Kier alpha value is -3.38. The Bertz CT molecular complexity index is 1100. The molecule has 0 saturated carbocycles. The van der Waals surface area contributed by atoms with Gasteiger partial charge >= 0.3 is 6.18 Å². The molecule has 0 bridgehead atoms. The third-order valence-electron chi connectivity index (χ3n) is 4.13. The van der Waals surface area contributed by atoms with E-state index in [1.807, 2.05) is 6.07 Å². The average Bonchev–Trinajstić information content (AvgIpc) is 2.76. The number of nitriles is 1. The van der Waals surface area contributed by atoms with E-state index in [1.165, 1.54) is 0 Å². The number of carbonyl (C=O) groups excluding carboxylic acids is 1. The minimum absolute atomic E-state index is 0.133. The summed E-state index contributed by atoms with van der Waals surface area (Å²) < 4.78 is 39.8. The van der Waals surface area contributed by atoms with Gasteiger partial charge in [-0.25, -0.2) is 9.97 Å². The van der Waals surface area contributed by atoms with Crippen molar-refractivity contribution in [2.75, 3.05) is 11.1 Å². The summed E-state index contributed by atoms with van der Waals surface area (Å²) in [6.45, 7) is 0. The van der Waals surface area contributed by atoms with Crippen LogP contribution in [-0.2, 0) is 17.4 Å². The SMILES string of the molecule is N#CCCc1cccc(NC(=O)CSc2nc(-c3ccccc3)cc(C(F)(F)F)n2)c1. The normalized spacial score (nSPS) is 11.0. The summed E-state index contributed by atoms with van der Waals surface area (Å²) in [7, 11) is 0. The molecular formula is C22H17F3N4OS. The lowest BCUT2D eigenvalue weighted by Gasteiger charge is -2.11. The molecule has 1 amide bonds. The number of amides is 1. The molecule has 158 valence electrons. The number of benzene rings is 2. The summed E-state index contributed by atoms with van der Waals surface area (Å²) in [5, 5.41) is 11.2. The van der Waals surface area contributed by atoms with E-state index in [1.54, 1.807) is 48.5 Å². The molecule has 0 unspecified atom stereocenters. The standard InChI is InChI=1S/C22H17F3N4OS/c23-22(24,25)19-13-18(16-8-2-1-3-9-16)28-21(29-19)31-14-20(30)27-17-10-4-6-15(12-17)7-5-11-26/h1-4,6,8-10,12-13H,5,7,14H2,(H,27,30). The highest BCUT2D eigenvalue weighted by atomic mass is 32.2. The molecule has 0 radical (unpaired) electrons. The van der Waals surface area contributed by atoms with E-state index in [0.717, 1.165) is 23.4 Å². The molecule has 5 nitrogen and oxygen atoms in total. The molecule has 31 heavy (non-hydrogen) atoms.